The predicted octanol–water partition coefficient (Wildman–Crippen LogP) is 7.29. The van der Waals surface area contributed by atoms with Crippen molar-refractivity contribution in [2.24, 2.45) is 52.8 Å². The quantitative estimate of drug-likeness (QED) is 0.483. The van der Waals surface area contributed by atoms with E-state index in [-0.39, 0.29) is 0 Å². The highest BCUT2D eigenvalue weighted by molar-refractivity contribution is 4.91. The molecule has 0 aromatic carbocycles. The molecule has 8 atom stereocenters. The van der Waals surface area contributed by atoms with Crippen LogP contribution in [0, 0.1) is 52.8 Å². The summed E-state index contributed by atoms with van der Waals surface area (Å²) in [4.78, 5) is 0. The molecule has 0 radical (unpaired) electrons. The van der Waals surface area contributed by atoms with Crippen molar-refractivity contribution in [3.63, 3.8) is 0 Å². The van der Waals surface area contributed by atoms with Gasteiger partial charge < -0.3 is 0 Å². The first-order valence-electron chi connectivity index (χ1n) is 10.0. The molecule has 0 aromatic heterocycles. The van der Waals surface area contributed by atoms with Gasteiger partial charge >= 0.3 is 0 Å². The summed E-state index contributed by atoms with van der Waals surface area (Å²) in [5, 5.41) is 0. The van der Waals surface area contributed by atoms with Gasteiger partial charge in [-0.05, 0) is 65.6 Å². The Hall–Kier alpha value is 0. The first-order valence-corrected chi connectivity index (χ1v) is 10.0. The third kappa shape index (κ3) is 4.51. The molecule has 1 aliphatic carbocycles. The largest absolute Gasteiger partial charge is 0.0651 e. The van der Waals surface area contributed by atoms with Gasteiger partial charge in [-0.1, -0.05) is 75.7 Å². The Balaban J connectivity index is 2.70. The van der Waals surface area contributed by atoms with Crippen molar-refractivity contribution in [1.29, 1.82) is 0 Å². The maximum absolute atomic E-state index is 2.55. The number of hydrogen-bond acceptors (Lipinski definition) is 0. The van der Waals surface area contributed by atoms with E-state index in [1.807, 2.05) is 0 Å². The summed E-state index contributed by atoms with van der Waals surface area (Å²) < 4.78 is 0. The summed E-state index contributed by atoms with van der Waals surface area (Å²) in [7, 11) is 0. The Morgan fingerprint density at radius 2 is 1.41 bits per heavy atom. The smallest absolute Gasteiger partial charge is 0.0337 e. The van der Waals surface area contributed by atoms with Crippen LogP contribution >= 0.6 is 0 Å². The maximum Gasteiger partial charge on any atom is -0.0337 e. The fourth-order valence-electron chi connectivity index (χ4n) is 5.21. The lowest BCUT2D eigenvalue weighted by Gasteiger charge is -2.36. The molecule has 0 aromatic rings. The molecule has 1 saturated carbocycles. The van der Waals surface area contributed by atoms with E-state index in [0.29, 0.717) is 5.41 Å². The van der Waals surface area contributed by atoms with E-state index in [2.05, 4.69) is 69.2 Å². The van der Waals surface area contributed by atoms with Crippen LogP contribution in [0.3, 0.4) is 0 Å². The van der Waals surface area contributed by atoms with Gasteiger partial charge in [0, 0.05) is 0 Å². The van der Waals surface area contributed by atoms with Gasteiger partial charge in [-0.25, -0.2) is 0 Å². The Labute approximate surface area is 141 Å². The normalized spacial score (nSPS) is 33.3. The SMILES string of the molecule is CCC(C)C(C)C(C)C(C)C(C)C1CC(C)C(C(C)(C)C)C1. The van der Waals surface area contributed by atoms with Crippen LogP contribution in [0.5, 0.6) is 0 Å². The Kier molecular flexibility index (Phi) is 7.03. The number of rotatable bonds is 6. The molecule has 0 aliphatic heterocycles. The maximum atomic E-state index is 2.55. The predicted molar refractivity (Wildman–Crippen MR) is 101 cm³/mol. The third-order valence-electron chi connectivity index (χ3n) is 7.80. The van der Waals surface area contributed by atoms with Crippen LogP contribution in [0.4, 0.5) is 0 Å². The highest BCUT2D eigenvalue weighted by Gasteiger charge is 2.42. The molecule has 1 fully saturated rings. The van der Waals surface area contributed by atoms with Crippen molar-refractivity contribution in [2.45, 2.75) is 88.5 Å². The summed E-state index contributed by atoms with van der Waals surface area (Å²) in [6.07, 6.45) is 4.23. The fraction of sp³-hybridized carbons (Fsp3) is 1.00. The molecule has 0 saturated heterocycles. The van der Waals surface area contributed by atoms with Crippen LogP contribution in [-0.2, 0) is 0 Å². The van der Waals surface area contributed by atoms with Gasteiger partial charge in [-0.3, -0.25) is 0 Å². The molecule has 0 nitrogen and oxygen atoms in total. The molecule has 1 rings (SSSR count). The van der Waals surface area contributed by atoms with Gasteiger partial charge in [-0.15, -0.1) is 0 Å². The molecule has 0 amide bonds. The van der Waals surface area contributed by atoms with Crippen molar-refractivity contribution in [1.82, 2.24) is 0 Å². The molecule has 0 N–H and O–H groups in total. The van der Waals surface area contributed by atoms with Crippen LogP contribution < -0.4 is 0 Å². The Bertz CT molecular complexity index is 323. The van der Waals surface area contributed by atoms with Crippen molar-refractivity contribution in [2.75, 3.05) is 0 Å². The molecule has 0 heterocycles. The zero-order chi connectivity index (χ0) is 17.2. The summed E-state index contributed by atoms with van der Waals surface area (Å²) in [6.45, 7) is 24.7. The van der Waals surface area contributed by atoms with E-state index in [1.54, 1.807) is 0 Å². The summed E-state index contributed by atoms with van der Waals surface area (Å²) >= 11 is 0. The van der Waals surface area contributed by atoms with E-state index in [1.165, 1.54) is 19.3 Å². The van der Waals surface area contributed by atoms with Crippen molar-refractivity contribution >= 4 is 0 Å². The molecule has 0 spiro atoms. The second-order valence-corrected chi connectivity index (χ2v) is 10.0. The van der Waals surface area contributed by atoms with Gasteiger partial charge in [0.05, 0.1) is 0 Å². The van der Waals surface area contributed by atoms with E-state index in [4.69, 9.17) is 0 Å². The van der Waals surface area contributed by atoms with Crippen molar-refractivity contribution in [3.05, 3.63) is 0 Å². The van der Waals surface area contributed by atoms with E-state index in [9.17, 15) is 0 Å². The lowest BCUT2D eigenvalue weighted by Crippen LogP contribution is -2.29. The van der Waals surface area contributed by atoms with Gasteiger partial charge in [0.2, 0.25) is 0 Å². The Morgan fingerprint density at radius 3 is 1.82 bits per heavy atom. The highest BCUT2D eigenvalue weighted by Crippen LogP contribution is 2.50. The summed E-state index contributed by atoms with van der Waals surface area (Å²) in [5.41, 5.74) is 0.479. The van der Waals surface area contributed by atoms with Gasteiger partial charge in [0.15, 0.2) is 0 Å². The minimum atomic E-state index is 0.479. The van der Waals surface area contributed by atoms with Crippen LogP contribution in [0.25, 0.3) is 0 Å². The van der Waals surface area contributed by atoms with Gasteiger partial charge in [0.25, 0.3) is 0 Å². The summed E-state index contributed by atoms with van der Waals surface area (Å²) in [6, 6.07) is 0. The second-order valence-electron chi connectivity index (χ2n) is 10.0. The number of hydrogen-bond donors (Lipinski definition) is 0. The average Bonchev–Trinajstić information content (AvgIpc) is 2.85. The zero-order valence-electron chi connectivity index (χ0n) is 17.2. The van der Waals surface area contributed by atoms with Crippen LogP contribution in [0.15, 0.2) is 0 Å². The first-order chi connectivity index (χ1) is 10.0. The summed E-state index contributed by atoms with van der Waals surface area (Å²) in [5.74, 6) is 7.02. The first kappa shape index (κ1) is 20.0. The van der Waals surface area contributed by atoms with Crippen molar-refractivity contribution < 1.29 is 0 Å². The van der Waals surface area contributed by atoms with E-state index >= 15 is 0 Å². The van der Waals surface area contributed by atoms with E-state index in [0.717, 1.165) is 47.3 Å². The lowest BCUT2D eigenvalue weighted by atomic mass is 9.69. The molecule has 22 heavy (non-hydrogen) atoms. The second kappa shape index (κ2) is 7.71. The minimum absolute atomic E-state index is 0.479. The van der Waals surface area contributed by atoms with Gasteiger partial charge in [0.1, 0.15) is 0 Å². The topological polar surface area (TPSA) is 0 Å². The highest BCUT2D eigenvalue weighted by atomic mass is 14.5. The molecule has 0 bridgehead atoms. The molecular weight excluding hydrogens is 264 g/mol. The van der Waals surface area contributed by atoms with Crippen molar-refractivity contribution in [3.8, 4) is 0 Å². The Morgan fingerprint density at radius 1 is 0.864 bits per heavy atom. The van der Waals surface area contributed by atoms with Crippen LogP contribution in [-0.4, -0.2) is 0 Å². The minimum Gasteiger partial charge on any atom is -0.0651 e. The van der Waals surface area contributed by atoms with Gasteiger partial charge in [-0.2, -0.15) is 0 Å². The molecule has 0 heteroatoms. The van der Waals surface area contributed by atoms with Crippen LogP contribution in [0.2, 0.25) is 0 Å². The van der Waals surface area contributed by atoms with Crippen LogP contribution in [0.1, 0.15) is 88.5 Å². The van der Waals surface area contributed by atoms with E-state index < -0.39 is 0 Å². The molecule has 132 valence electrons. The molecule has 1 aliphatic rings. The lowest BCUT2D eigenvalue weighted by molar-refractivity contribution is 0.127. The molecule has 8 unspecified atom stereocenters. The monoisotopic (exact) mass is 308 g/mol. The third-order valence-corrected chi connectivity index (χ3v) is 7.80. The fourth-order valence-corrected chi connectivity index (χ4v) is 5.21. The zero-order valence-corrected chi connectivity index (χ0v) is 17.2. The standard InChI is InChI=1S/C22H44/c1-11-14(2)16(4)17(5)18(6)19(7)20-12-15(3)21(13-20)22(8,9)10/h14-21H,11-13H2,1-10H3. The average molecular weight is 309 g/mol. The molecular formula is C22H44.